The lowest BCUT2D eigenvalue weighted by molar-refractivity contribution is 0.0819. The van der Waals surface area contributed by atoms with E-state index in [2.05, 4.69) is 5.32 Å². The van der Waals surface area contributed by atoms with E-state index in [1.54, 1.807) is 28.8 Å². The number of benzene rings is 2. The Labute approximate surface area is 194 Å². The smallest absolute Gasteiger partial charge is 0.332 e. The standard InChI is InChI=1S/C24H27F2N3O5/c1-32-20-8-5-15(10-21(20)33-2)13-28-23(30)18-11-17(34-14-22(25)26)6-7-19(18)29(24(28)31)16-4-3-9-27-12-16/h5-8,10-11,16,22,27H,3-4,9,12-14H2,1-2H3. The van der Waals surface area contributed by atoms with Crippen molar-refractivity contribution in [2.45, 2.75) is 31.9 Å². The van der Waals surface area contributed by atoms with Crippen LogP contribution in [0.5, 0.6) is 17.2 Å². The Kier molecular flexibility index (Phi) is 7.16. The monoisotopic (exact) mass is 475 g/mol. The lowest BCUT2D eigenvalue weighted by atomic mass is 10.1. The summed E-state index contributed by atoms with van der Waals surface area (Å²) < 4.78 is 43.8. The van der Waals surface area contributed by atoms with Gasteiger partial charge in [-0.1, -0.05) is 6.07 Å². The molecule has 2 heterocycles. The Hall–Kier alpha value is -3.40. The van der Waals surface area contributed by atoms with Crippen molar-refractivity contribution in [3.63, 3.8) is 0 Å². The first-order chi connectivity index (χ1) is 16.4. The van der Waals surface area contributed by atoms with Crippen LogP contribution in [0.2, 0.25) is 0 Å². The van der Waals surface area contributed by atoms with Crippen molar-refractivity contribution >= 4 is 10.9 Å². The van der Waals surface area contributed by atoms with E-state index in [1.807, 2.05) is 0 Å². The quantitative estimate of drug-likeness (QED) is 0.540. The van der Waals surface area contributed by atoms with Crippen LogP contribution in [0.3, 0.4) is 0 Å². The number of hydrogen-bond acceptors (Lipinski definition) is 6. The van der Waals surface area contributed by atoms with Gasteiger partial charge in [0.05, 0.1) is 37.7 Å². The maximum Gasteiger partial charge on any atom is 0.332 e. The number of ether oxygens (including phenoxy) is 3. The summed E-state index contributed by atoms with van der Waals surface area (Å²) in [5, 5.41) is 3.53. The molecule has 1 N–H and O–H groups in total. The van der Waals surface area contributed by atoms with Crippen molar-refractivity contribution in [3.8, 4) is 17.2 Å². The van der Waals surface area contributed by atoms with Gasteiger partial charge in [-0.05, 0) is 55.3 Å². The molecule has 1 atom stereocenters. The Morgan fingerprint density at radius 2 is 1.88 bits per heavy atom. The fourth-order valence-corrected chi connectivity index (χ4v) is 4.32. The van der Waals surface area contributed by atoms with Crippen molar-refractivity contribution in [3.05, 3.63) is 62.8 Å². The molecule has 0 aliphatic carbocycles. The molecule has 4 rings (SSSR count). The zero-order valence-electron chi connectivity index (χ0n) is 19.1. The molecule has 1 aliphatic heterocycles. The summed E-state index contributed by atoms with van der Waals surface area (Å²) in [5.41, 5.74) is 0.186. The van der Waals surface area contributed by atoms with E-state index >= 15 is 0 Å². The van der Waals surface area contributed by atoms with Gasteiger partial charge in [-0.3, -0.25) is 13.9 Å². The van der Waals surface area contributed by atoms with Crippen molar-refractivity contribution in [1.82, 2.24) is 14.5 Å². The average molecular weight is 475 g/mol. The highest BCUT2D eigenvalue weighted by Crippen LogP contribution is 2.28. The predicted octanol–water partition coefficient (Wildman–Crippen LogP) is 2.80. The van der Waals surface area contributed by atoms with Crippen LogP contribution >= 0.6 is 0 Å². The van der Waals surface area contributed by atoms with Gasteiger partial charge in [0, 0.05) is 6.54 Å². The number of hydrogen-bond donors (Lipinski definition) is 1. The number of methoxy groups -OCH3 is 2. The number of nitrogens with zero attached hydrogens (tertiary/aromatic N) is 2. The molecule has 0 spiro atoms. The minimum atomic E-state index is -2.64. The highest BCUT2D eigenvalue weighted by atomic mass is 19.3. The molecule has 0 amide bonds. The SMILES string of the molecule is COc1ccc(Cn2c(=O)c3cc(OCC(F)F)ccc3n(C3CCCNC3)c2=O)cc1OC. The Bertz CT molecular complexity index is 1280. The van der Waals surface area contributed by atoms with Gasteiger partial charge in [-0.2, -0.15) is 0 Å². The zero-order chi connectivity index (χ0) is 24.2. The molecule has 1 fully saturated rings. The molecule has 1 aromatic heterocycles. The topological polar surface area (TPSA) is 83.7 Å². The predicted molar refractivity (Wildman–Crippen MR) is 124 cm³/mol. The van der Waals surface area contributed by atoms with Crippen LogP contribution in [0.25, 0.3) is 10.9 Å². The number of rotatable bonds is 8. The molecule has 182 valence electrons. The van der Waals surface area contributed by atoms with Crippen LogP contribution in [0.15, 0.2) is 46.0 Å². The van der Waals surface area contributed by atoms with E-state index < -0.39 is 24.3 Å². The zero-order valence-corrected chi connectivity index (χ0v) is 19.1. The fourth-order valence-electron chi connectivity index (χ4n) is 4.32. The average Bonchev–Trinajstić information content (AvgIpc) is 2.86. The summed E-state index contributed by atoms with van der Waals surface area (Å²) in [4.78, 5) is 27.0. The number of piperidine rings is 1. The van der Waals surface area contributed by atoms with Crippen molar-refractivity contribution < 1.29 is 23.0 Å². The van der Waals surface area contributed by atoms with E-state index in [4.69, 9.17) is 14.2 Å². The Balaban J connectivity index is 1.86. The number of fused-ring (bicyclic) bond motifs is 1. The molecular formula is C24H27F2N3O5. The molecule has 0 radical (unpaired) electrons. The third-order valence-corrected chi connectivity index (χ3v) is 5.94. The minimum Gasteiger partial charge on any atom is -0.493 e. The van der Waals surface area contributed by atoms with Crippen LogP contribution in [-0.2, 0) is 6.54 Å². The highest BCUT2D eigenvalue weighted by Gasteiger charge is 2.22. The van der Waals surface area contributed by atoms with Gasteiger partial charge < -0.3 is 19.5 Å². The first-order valence-electron chi connectivity index (χ1n) is 11.0. The summed E-state index contributed by atoms with van der Waals surface area (Å²) in [6.45, 7) is 0.682. The van der Waals surface area contributed by atoms with Gasteiger partial charge in [0.15, 0.2) is 11.5 Å². The molecule has 0 saturated carbocycles. The van der Waals surface area contributed by atoms with Crippen LogP contribution < -0.4 is 30.8 Å². The molecule has 10 heteroatoms. The Morgan fingerprint density at radius 3 is 2.56 bits per heavy atom. The second kappa shape index (κ2) is 10.3. The summed E-state index contributed by atoms with van der Waals surface area (Å²) >= 11 is 0. The Morgan fingerprint density at radius 1 is 1.09 bits per heavy atom. The summed E-state index contributed by atoms with van der Waals surface area (Å²) in [5.74, 6) is 1.16. The molecule has 34 heavy (non-hydrogen) atoms. The molecule has 1 unspecified atom stereocenters. The van der Waals surface area contributed by atoms with Crippen LogP contribution in [-0.4, -0.2) is 49.5 Å². The van der Waals surface area contributed by atoms with Crippen molar-refractivity contribution in [1.29, 1.82) is 0 Å². The maximum atomic E-state index is 13.6. The molecular weight excluding hydrogens is 448 g/mol. The first-order valence-corrected chi connectivity index (χ1v) is 11.0. The molecule has 0 bridgehead atoms. The van der Waals surface area contributed by atoms with Crippen molar-refractivity contribution in [2.24, 2.45) is 0 Å². The molecule has 8 nitrogen and oxygen atoms in total. The number of halogens is 2. The third kappa shape index (κ3) is 4.77. The summed E-state index contributed by atoms with van der Waals surface area (Å²) in [6.07, 6.45) is -0.969. The first kappa shape index (κ1) is 23.7. The van der Waals surface area contributed by atoms with E-state index in [9.17, 15) is 18.4 Å². The van der Waals surface area contributed by atoms with Gasteiger partial charge in [0.2, 0.25) is 0 Å². The van der Waals surface area contributed by atoms with Crippen LogP contribution in [0.4, 0.5) is 8.78 Å². The van der Waals surface area contributed by atoms with E-state index in [0.29, 0.717) is 29.1 Å². The van der Waals surface area contributed by atoms with Gasteiger partial charge in [0.1, 0.15) is 12.4 Å². The minimum absolute atomic E-state index is 0.0101. The molecule has 1 saturated heterocycles. The molecule has 1 aliphatic rings. The number of aromatic nitrogens is 2. The normalized spacial score (nSPS) is 16.1. The van der Waals surface area contributed by atoms with E-state index in [0.717, 1.165) is 24.0 Å². The molecule has 3 aromatic rings. The van der Waals surface area contributed by atoms with E-state index in [1.165, 1.54) is 26.4 Å². The summed E-state index contributed by atoms with van der Waals surface area (Å²) in [7, 11) is 3.03. The van der Waals surface area contributed by atoms with Gasteiger partial charge >= 0.3 is 5.69 Å². The van der Waals surface area contributed by atoms with Crippen LogP contribution in [0, 0.1) is 0 Å². The lowest BCUT2D eigenvalue weighted by Gasteiger charge is -2.27. The van der Waals surface area contributed by atoms with Gasteiger partial charge in [-0.15, -0.1) is 0 Å². The molecule has 2 aromatic carbocycles. The summed E-state index contributed by atoms with van der Waals surface area (Å²) in [6, 6.07) is 9.56. The second-order valence-corrected chi connectivity index (χ2v) is 8.11. The van der Waals surface area contributed by atoms with Gasteiger partial charge in [-0.25, -0.2) is 13.6 Å². The highest BCUT2D eigenvalue weighted by molar-refractivity contribution is 5.80. The maximum absolute atomic E-state index is 13.6. The fraction of sp³-hybridized carbons (Fsp3) is 0.417. The lowest BCUT2D eigenvalue weighted by Crippen LogP contribution is -2.44. The number of nitrogens with one attached hydrogen (secondary N) is 1. The van der Waals surface area contributed by atoms with Gasteiger partial charge in [0.25, 0.3) is 12.0 Å². The number of alkyl halides is 2. The largest absolute Gasteiger partial charge is 0.493 e. The van der Waals surface area contributed by atoms with Crippen LogP contribution in [0.1, 0.15) is 24.4 Å². The third-order valence-electron chi connectivity index (χ3n) is 5.94. The van der Waals surface area contributed by atoms with Crippen molar-refractivity contribution in [2.75, 3.05) is 33.9 Å². The van der Waals surface area contributed by atoms with E-state index in [-0.39, 0.29) is 23.7 Å². The second-order valence-electron chi connectivity index (χ2n) is 8.11.